The number of nitrogens with zero attached hydrogens (tertiary/aromatic N) is 4. The van der Waals surface area contributed by atoms with Crippen LogP contribution in [0, 0.1) is 0 Å². The van der Waals surface area contributed by atoms with E-state index in [-0.39, 0.29) is 29.8 Å². The van der Waals surface area contributed by atoms with Crippen LogP contribution in [0.15, 0.2) is 43.4 Å². The van der Waals surface area contributed by atoms with Crippen LogP contribution in [0.25, 0.3) is 0 Å². The van der Waals surface area contributed by atoms with Crippen molar-refractivity contribution >= 4 is 72.3 Å². The highest BCUT2D eigenvalue weighted by atomic mass is 79.9. The summed E-state index contributed by atoms with van der Waals surface area (Å²) in [5, 5.41) is 11.5. The lowest BCUT2D eigenvalue weighted by Gasteiger charge is -2.22. The highest BCUT2D eigenvalue weighted by molar-refractivity contribution is 9.11. The van der Waals surface area contributed by atoms with E-state index >= 15 is 0 Å². The minimum absolute atomic E-state index is 0.221. The topological polar surface area (TPSA) is 94.4 Å². The summed E-state index contributed by atoms with van der Waals surface area (Å²) in [6.45, 7) is 9.23. The Morgan fingerprint density at radius 2 is 1.75 bits per heavy atom. The number of hydrogen-bond acceptors (Lipinski definition) is 6. The summed E-state index contributed by atoms with van der Waals surface area (Å²) in [6, 6.07) is 7.14. The van der Waals surface area contributed by atoms with E-state index in [0.717, 1.165) is 18.8 Å². The average Bonchev–Trinajstić information content (AvgIpc) is 2.98. The van der Waals surface area contributed by atoms with Gasteiger partial charge in [0.2, 0.25) is 5.91 Å². The molecule has 2 aromatic rings. The van der Waals surface area contributed by atoms with E-state index in [9.17, 15) is 14.4 Å². The van der Waals surface area contributed by atoms with Crippen LogP contribution < -0.4 is 10.2 Å². The molecule has 168 valence electrons. The van der Waals surface area contributed by atoms with Crippen LogP contribution in [0.4, 0.5) is 22.7 Å². The molecule has 0 spiro atoms. The number of carbonyl (C=O) groups is 3. The van der Waals surface area contributed by atoms with Gasteiger partial charge in [-0.25, -0.2) is 0 Å². The maximum absolute atomic E-state index is 12.7. The first-order valence-electron chi connectivity index (χ1n) is 10.2. The first-order chi connectivity index (χ1) is 15.2. The van der Waals surface area contributed by atoms with Crippen LogP contribution in [0.5, 0.6) is 0 Å². The van der Waals surface area contributed by atoms with Gasteiger partial charge >= 0.3 is 0 Å². The third kappa shape index (κ3) is 4.47. The van der Waals surface area contributed by atoms with E-state index in [1.54, 1.807) is 19.1 Å². The van der Waals surface area contributed by atoms with Crippen molar-refractivity contribution in [2.75, 3.05) is 29.9 Å². The highest BCUT2D eigenvalue weighted by Crippen LogP contribution is 2.43. The number of hydrogen-bond donors (Lipinski definition) is 1. The van der Waals surface area contributed by atoms with Gasteiger partial charge in [0.05, 0.1) is 21.3 Å². The minimum Gasteiger partial charge on any atom is -0.372 e. The molecule has 0 radical (unpaired) electrons. The Morgan fingerprint density at radius 3 is 2.34 bits per heavy atom. The molecule has 0 aliphatic carbocycles. The normalized spacial score (nSPS) is 13.1. The summed E-state index contributed by atoms with van der Waals surface area (Å²) < 4.78 is 0.910. The number of benzene rings is 2. The van der Waals surface area contributed by atoms with Crippen molar-refractivity contribution in [3.63, 3.8) is 0 Å². The molecule has 8 nitrogen and oxygen atoms in total. The summed E-state index contributed by atoms with van der Waals surface area (Å²) >= 11 is 6.86. The van der Waals surface area contributed by atoms with Crippen molar-refractivity contribution in [3.8, 4) is 0 Å². The van der Waals surface area contributed by atoms with Crippen LogP contribution in [-0.2, 0) is 4.79 Å². The van der Waals surface area contributed by atoms with Gasteiger partial charge in [0, 0.05) is 36.7 Å². The summed E-state index contributed by atoms with van der Waals surface area (Å²) in [4.78, 5) is 40.2. The first-order valence-corrected chi connectivity index (χ1v) is 11.8. The fourth-order valence-corrected chi connectivity index (χ4v) is 4.98. The highest BCUT2D eigenvalue weighted by Gasteiger charge is 2.38. The lowest BCUT2D eigenvalue weighted by molar-refractivity contribution is -0.114. The third-order valence-electron chi connectivity index (χ3n) is 5.12. The standard InChI is InChI=1S/C22H23Br2N5O3/c1-5-28(6-2)13-8-9-16(17(10-13)25-12(4)30)26-27-20-15(23)11-14-18(19(20)24)22(32)29(7-3)21(14)31/h8-11H,5-7H2,1-4H3,(H,25,30)/b27-26+. The fourth-order valence-electron chi connectivity index (χ4n) is 3.53. The molecule has 0 bridgehead atoms. The quantitative estimate of drug-likeness (QED) is 0.327. The van der Waals surface area contributed by atoms with Crippen LogP contribution >= 0.6 is 31.9 Å². The van der Waals surface area contributed by atoms with E-state index < -0.39 is 0 Å². The fraction of sp³-hybridized carbons (Fsp3) is 0.318. The molecule has 32 heavy (non-hydrogen) atoms. The first kappa shape index (κ1) is 24.1. The number of imide groups is 1. The summed E-state index contributed by atoms with van der Waals surface area (Å²) in [5.74, 6) is -0.926. The maximum Gasteiger partial charge on any atom is 0.262 e. The molecule has 3 rings (SSSR count). The van der Waals surface area contributed by atoms with E-state index in [0.29, 0.717) is 31.6 Å². The van der Waals surface area contributed by atoms with Crippen LogP contribution in [0.3, 0.4) is 0 Å². The van der Waals surface area contributed by atoms with E-state index in [2.05, 4.69) is 66.2 Å². The zero-order valence-electron chi connectivity index (χ0n) is 18.2. The molecule has 0 saturated heterocycles. The summed E-state index contributed by atoms with van der Waals surface area (Å²) in [5.41, 5.74) is 2.92. The van der Waals surface area contributed by atoms with Crippen molar-refractivity contribution in [1.82, 2.24) is 4.90 Å². The molecule has 2 aromatic carbocycles. The van der Waals surface area contributed by atoms with Gasteiger partial charge in [0.25, 0.3) is 11.8 Å². The summed E-state index contributed by atoms with van der Waals surface area (Å²) in [7, 11) is 0. The molecule has 1 N–H and O–H groups in total. The lowest BCUT2D eigenvalue weighted by atomic mass is 10.1. The van der Waals surface area contributed by atoms with E-state index in [1.807, 2.05) is 12.1 Å². The Bertz CT molecular complexity index is 1130. The number of anilines is 2. The second-order valence-corrected chi connectivity index (χ2v) is 8.70. The smallest absolute Gasteiger partial charge is 0.262 e. The van der Waals surface area contributed by atoms with Gasteiger partial charge in [-0.05, 0) is 76.9 Å². The Labute approximate surface area is 203 Å². The van der Waals surface area contributed by atoms with Gasteiger partial charge in [-0.15, -0.1) is 10.2 Å². The van der Waals surface area contributed by atoms with Crippen molar-refractivity contribution < 1.29 is 14.4 Å². The number of azo groups is 1. The van der Waals surface area contributed by atoms with E-state index in [4.69, 9.17) is 0 Å². The molecule has 1 aliphatic rings. The maximum atomic E-state index is 12.7. The van der Waals surface area contributed by atoms with Crippen molar-refractivity contribution in [3.05, 3.63) is 44.3 Å². The predicted octanol–water partition coefficient (Wildman–Crippen LogP) is 6.05. The van der Waals surface area contributed by atoms with Crippen molar-refractivity contribution in [2.24, 2.45) is 10.2 Å². The van der Waals surface area contributed by atoms with Gasteiger partial charge in [0.15, 0.2) is 0 Å². The predicted molar refractivity (Wildman–Crippen MR) is 131 cm³/mol. The second kappa shape index (κ2) is 9.91. The molecular formula is C22H23Br2N5O3. The largest absolute Gasteiger partial charge is 0.372 e. The van der Waals surface area contributed by atoms with Gasteiger partial charge in [0.1, 0.15) is 11.4 Å². The Balaban J connectivity index is 2.05. The monoisotopic (exact) mass is 563 g/mol. The number of fused-ring (bicyclic) bond motifs is 1. The zero-order chi connectivity index (χ0) is 23.6. The van der Waals surface area contributed by atoms with Crippen LogP contribution in [0.2, 0.25) is 0 Å². The number of amides is 3. The Hall–Kier alpha value is -2.59. The SMILES string of the molecule is CCN1C(=O)c2cc(Br)c(/N=N/c3ccc(N(CC)CC)cc3NC(C)=O)c(Br)c2C1=O. The Kier molecular flexibility index (Phi) is 7.45. The van der Waals surface area contributed by atoms with Crippen molar-refractivity contribution in [2.45, 2.75) is 27.7 Å². The number of nitrogens with one attached hydrogen (secondary N) is 1. The third-order valence-corrected chi connectivity index (χ3v) is 6.50. The van der Waals surface area contributed by atoms with Crippen LogP contribution in [-0.4, -0.2) is 42.3 Å². The molecule has 0 unspecified atom stereocenters. The molecular weight excluding hydrogens is 542 g/mol. The molecule has 0 saturated carbocycles. The number of carbonyl (C=O) groups excluding carboxylic acids is 3. The Morgan fingerprint density at radius 1 is 1.06 bits per heavy atom. The lowest BCUT2D eigenvalue weighted by Crippen LogP contribution is -2.29. The number of rotatable bonds is 7. The van der Waals surface area contributed by atoms with Gasteiger partial charge < -0.3 is 10.2 Å². The second-order valence-electron chi connectivity index (χ2n) is 7.05. The molecule has 1 heterocycles. The van der Waals surface area contributed by atoms with Gasteiger partial charge in [-0.1, -0.05) is 0 Å². The molecule has 1 aliphatic heterocycles. The molecule has 3 amide bonds. The van der Waals surface area contributed by atoms with Gasteiger partial charge in [-0.2, -0.15) is 0 Å². The molecule has 0 aromatic heterocycles. The van der Waals surface area contributed by atoms with Crippen molar-refractivity contribution in [1.29, 1.82) is 0 Å². The minimum atomic E-state index is -0.370. The zero-order valence-corrected chi connectivity index (χ0v) is 21.4. The molecule has 0 atom stereocenters. The molecule has 10 heteroatoms. The van der Waals surface area contributed by atoms with Crippen LogP contribution in [0.1, 0.15) is 48.4 Å². The number of halogens is 2. The average molecular weight is 565 g/mol. The summed E-state index contributed by atoms with van der Waals surface area (Å²) in [6.07, 6.45) is 0. The molecule has 0 fully saturated rings. The van der Waals surface area contributed by atoms with Gasteiger partial charge in [-0.3, -0.25) is 19.3 Å². The van der Waals surface area contributed by atoms with E-state index in [1.165, 1.54) is 11.8 Å².